The van der Waals surface area contributed by atoms with Crippen LogP contribution in [0.4, 0.5) is 4.39 Å². The number of fused-ring (bicyclic) bond motifs is 2. The molecule has 0 bridgehead atoms. The van der Waals surface area contributed by atoms with Crippen LogP contribution in [0, 0.1) is 5.82 Å². The fraction of sp³-hybridized carbons (Fsp3) is 0.391. The Morgan fingerprint density at radius 2 is 1.81 bits per heavy atom. The summed E-state index contributed by atoms with van der Waals surface area (Å²) in [6.07, 6.45) is 4.30. The van der Waals surface area contributed by atoms with E-state index < -0.39 is 10.0 Å². The summed E-state index contributed by atoms with van der Waals surface area (Å²) in [6, 6.07) is 10.1. The van der Waals surface area contributed by atoms with Crippen molar-refractivity contribution in [2.75, 3.05) is 53.9 Å². The molecule has 2 aromatic carbocycles. The van der Waals surface area contributed by atoms with Gasteiger partial charge in [0.2, 0.25) is 10.0 Å². The molecule has 2 aromatic rings. The first-order valence-corrected chi connectivity index (χ1v) is 12.6. The van der Waals surface area contributed by atoms with Crippen LogP contribution >= 0.6 is 11.8 Å². The Kier molecular flexibility index (Phi) is 6.55. The predicted octanol–water partition coefficient (Wildman–Crippen LogP) is 3.48. The second-order valence-corrected chi connectivity index (χ2v) is 11.5. The fourth-order valence-electron chi connectivity index (χ4n) is 3.96. The number of piperazine rings is 1. The van der Waals surface area contributed by atoms with Crippen LogP contribution in [0.5, 0.6) is 0 Å². The van der Waals surface area contributed by atoms with Crippen LogP contribution in [0.15, 0.2) is 63.2 Å². The topological polar surface area (TPSA) is 43.9 Å². The number of likely N-dealkylation sites (N-methyl/N-ethyl adjacent to an activating group) is 1. The van der Waals surface area contributed by atoms with Crippen molar-refractivity contribution in [1.29, 1.82) is 0 Å². The average molecular weight is 462 g/mol. The van der Waals surface area contributed by atoms with Crippen molar-refractivity contribution in [3.63, 3.8) is 0 Å². The first-order valence-electron chi connectivity index (χ1n) is 10.4. The highest BCUT2D eigenvalue weighted by Gasteiger charge is 2.28. The van der Waals surface area contributed by atoms with Crippen LogP contribution in [0.1, 0.15) is 17.0 Å². The second-order valence-electron chi connectivity index (χ2n) is 8.28. The van der Waals surface area contributed by atoms with Gasteiger partial charge in [-0.05, 0) is 48.5 Å². The van der Waals surface area contributed by atoms with E-state index in [4.69, 9.17) is 0 Å². The SMILES string of the molecule is CN1CCN(CC=CC2c3ccc(F)cc3Sc3ccc(S(=O)(=O)N(C)C)cc32)CC1. The maximum Gasteiger partial charge on any atom is 0.242 e. The summed E-state index contributed by atoms with van der Waals surface area (Å²) in [5.41, 5.74) is 1.95. The van der Waals surface area contributed by atoms with Crippen LogP contribution in [0.25, 0.3) is 0 Å². The zero-order chi connectivity index (χ0) is 22.2. The number of rotatable bonds is 5. The van der Waals surface area contributed by atoms with Crippen molar-refractivity contribution in [1.82, 2.24) is 14.1 Å². The Morgan fingerprint density at radius 1 is 1.06 bits per heavy atom. The molecule has 0 N–H and O–H groups in total. The minimum absolute atomic E-state index is 0.114. The Hall–Kier alpha value is -1.71. The van der Waals surface area contributed by atoms with Gasteiger partial charge in [0.15, 0.2) is 0 Å². The molecule has 0 saturated carbocycles. The van der Waals surface area contributed by atoms with Crippen molar-refractivity contribution < 1.29 is 12.8 Å². The van der Waals surface area contributed by atoms with Crippen molar-refractivity contribution in [3.05, 3.63) is 65.5 Å². The summed E-state index contributed by atoms with van der Waals surface area (Å²) in [6.45, 7) is 5.03. The molecule has 2 aliphatic rings. The number of benzene rings is 2. The summed E-state index contributed by atoms with van der Waals surface area (Å²) in [5, 5.41) is 0. The zero-order valence-corrected chi connectivity index (χ0v) is 19.7. The van der Waals surface area contributed by atoms with Crippen molar-refractivity contribution in [3.8, 4) is 0 Å². The van der Waals surface area contributed by atoms with Crippen molar-refractivity contribution in [2.45, 2.75) is 20.6 Å². The molecule has 31 heavy (non-hydrogen) atoms. The lowest BCUT2D eigenvalue weighted by Crippen LogP contribution is -2.44. The first-order chi connectivity index (χ1) is 14.8. The van der Waals surface area contributed by atoms with Gasteiger partial charge in [0.05, 0.1) is 4.90 Å². The fourth-order valence-corrected chi connectivity index (χ4v) is 6.06. The highest BCUT2D eigenvalue weighted by Crippen LogP contribution is 2.47. The molecule has 5 nitrogen and oxygen atoms in total. The lowest BCUT2D eigenvalue weighted by Gasteiger charge is -2.31. The zero-order valence-electron chi connectivity index (χ0n) is 18.1. The van der Waals surface area contributed by atoms with Crippen LogP contribution in [0.2, 0.25) is 0 Å². The van der Waals surface area contributed by atoms with Gasteiger partial charge < -0.3 is 4.90 Å². The molecule has 1 saturated heterocycles. The van der Waals surface area contributed by atoms with Gasteiger partial charge in [0.25, 0.3) is 0 Å². The second kappa shape index (κ2) is 9.03. The van der Waals surface area contributed by atoms with E-state index in [0.717, 1.165) is 53.6 Å². The van der Waals surface area contributed by atoms with Gasteiger partial charge in [0, 0.05) is 62.5 Å². The number of allylic oxidation sites excluding steroid dienone is 1. The molecule has 2 heterocycles. The van der Waals surface area contributed by atoms with E-state index in [9.17, 15) is 12.8 Å². The summed E-state index contributed by atoms with van der Waals surface area (Å²) in [5.74, 6) is -0.377. The molecular formula is C23H28FN3O2S2. The van der Waals surface area contributed by atoms with E-state index in [1.165, 1.54) is 36.2 Å². The lowest BCUT2D eigenvalue weighted by atomic mass is 9.90. The van der Waals surface area contributed by atoms with E-state index in [0.29, 0.717) is 0 Å². The number of hydrogen-bond acceptors (Lipinski definition) is 5. The normalized spacial score (nSPS) is 20.2. The number of halogens is 1. The Bertz CT molecular complexity index is 1090. The Balaban J connectivity index is 1.68. The van der Waals surface area contributed by atoms with Crippen LogP contribution in [-0.2, 0) is 10.0 Å². The average Bonchev–Trinajstić information content (AvgIpc) is 2.74. The summed E-state index contributed by atoms with van der Waals surface area (Å²) < 4.78 is 40.5. The van der Waals surface area contributed by atoms with Crippen molar-refractivity contribution in [2.24, 2.45) is 0 Å². The van der Waals surface area contributed by atoms with Gasteiger partial charge in [-0.3, -0.25) is 4.90 Å². The molecule has 4 rings (SSSR count). The van der Waals surface area contributed by atoms with E-state index in [-0.39, 0.29) is 16.6 Å². The highest BCUT2D eigenvalue weighted by atomic mass is 32.2. The summed E-state index contributed by atoms with van der Waals surface area (Å²) >= 11 is 1.49. The molecule has 1 unspecified atom stereocenters. The molecule has 0 spiro atoms. The van der Waals surface area contributed by atoms with Gasteiger partial charge >= 0.3 is 0 Å². The molecule has 1 fully saturated rings. The summed E-state index contributed by atoms with van der Waals surface area (Å²) in [4.78, 5) is 6.86. The van der Waals surface area contributed by atoms with E-state index >= 15 is 0 Å². The standard InChI is InChI=1S/C23H28FN3O2S2/c1-25(2)31(28,29)18-7-9-22-21(16-18)19(20-8-6-17(24)15-23(20)30-22)5-4-10-27-13-11-26(3)12-14-27/h4-9,15-16,19H,10-14H2,1-3H3. The van der Waals surface area contributed by atoms with Gasteiger partial charge in [0.1, 0.15) is 5.82 Å². The van der Waals surface area contributed by atoms with Crippen LogP contribution in [0.3, 0.4) is 0 Å². The monoisotopic (exact) mass is 461 g/mol. The number of nitrogens with zero attached hydrogens (tertiary/aromatic N) is 3. The molecule has 0 amide bonds. The highest BCUT2D eigenvalue weighted by molar-refractivity contribution is 7.99. The Morgan fingerprint density at radius 3 is 2.52 bits per heavy atom. The quantitative estimate of drug-likeness (QED) is 0.638. The molecular weight excluding hydrogens is 433 g/mol. The molecule has 166 valence electrons. The lowest BCUT2D eigenvalue weighted by molar-refractivity contribution is 0.166. The van der Waals surface area contributed by atoms with Gasteiger partial charge in [-0.25, -0.2) is 17.1 Å². The van der Waals surface area contributed by atoms with Gasteiger partial charge in [-0.15, -0.1) is 0 Å². The molecule has 1 atom stereocenters. The third-order valence-corrected chi connectivity index (χ3v) is 8.89. The number of sulfonamides is 1. The minimum atomic E-state index is -3.53. The first kappa shape index (κ1) is 22.5. The maximum atomic E-state index is 13.9. The number of hydrogen-bond donors (Lipinski definition) is 0. The molecule has 8 heteroatoms. The molecule has 0 radical (unpaired) electrons. The minimum Gasteiger partial charge on any atom is -0.304 e. The predicted molar refractivity (Wildman–Crippen MR) is 123 cm³/mol. The van der Waals surface area contributed by atoms with E-state index in [1.54, 1.807) is 18.2 Å². The van der Waals surface area contributed by atoms with E-state index in [2.05, 4.69) is 29.0 Å². The van der Waals surface area contributed by atoms with E-state index in [1.807, 2.05) is 12.1 Å². The molecule has 2 aliphatic heterocycles. The van der Waals surface area contributed by atoms with Gasteiger partial charge in [-0.2, -0.15) is 0 Å². The maximum absolute atomic E-state index is 13.9. The third kappa shape index (κ3) is 4.73. The Labute approximate surface area is 188 Å². The van der Waals surface area contributed by atoms with Gasteiger partial charge in [-0.1, -0.05) is 30.0 Å². The smallest absolute Gasteiger partial charge is 0.242 e. The van der Waals surface area contributed by atoms with Crippen molar-refractivity contribution >= 4 is 21.8 Å². The van der Waals surface area contributed by atoms with Crippen LogP contribution < -0.4 is 0 Å². The third-order valence-electron chi connectivity index (χ3n) is 5.91. The largest absolute Gasteiger partial charge is 0.304 e. The summed E-state index contributed by atoms with van der Waals surface area (Å²) in [7, 11) is 1.68. The molecule has 0 aromatic heterocycles. The van der Waals surface area contributed by atoms with Crippen LogP contribution in [-0.4, -0.2) is 76.4 Å². The molecule has 0 aliphatic carbocycles.